The van der Waals surface area contributed by atoms with E-state index < -0.39 is 6.61 Å². The Morgan fingerprint density at radius 1 is 1.38 bits per heavy atom. The van der Waals surface area contributed by atoms with Gasteiger partial charge in [0, 0.05) is 5.54 Å². The van der Waals surface area contributed by atoms with Crippen molar-refractivity contribution in [2.75, 3.05) is 6.61 Å². The summed E-state index contributed by atoms with van der Waals surface area (Å²) >= 11 is 0. The molecule has 2 N–H and O–H groups in total. The van der Waals surface area contributed by atoms with Crippen LogP contribution in [-0.4, -0.2) is 23.2 Å². The number of aliphatic hydroxyl groups excluding tert-OH is 1. The molecule has 0 atom stereocenters. The Morgan fingerprint density at radius 3 is 2.56 bits per heavy atom. The van der Waals surface area contributed by atoms with Crippen LogP contribution < -0.4 is 5.32 Å². The van der Waals surface area contributed by atoms with Crippen molar-refractivity contribution in [3.8, 4) is 0 Å². The van der Waals surface area contributed by atoms with Gasteiger partial charge in [0.05, 0.1) is 0 Å². The van der Waals surface area contributed by atoms with E-state index in [2.05, 4.69) is 24.4 Å². The van der Waals surface area contributed by atoms with Gasteiger partial charge in [-0.25, -0.2) is 0 Å². The van der Waals surface area contributed by atoms with Crippen LogP contribution in [0.15, 0.2) is 24.3 Å². The van der Waals surface area contributed by atoms with Gasteiger partial charge in [0.1, 0.15) is 6.61 Å². The van der Waals surface area contributed by atoms with Crippen molar-refractivity contribution in [1.29, 1.82) is 0 Å². The second kappa shape index (κ2) is 5.12. The quantitative estimate of drug-likeness (QED) is 0.808. The molecular weight excluding hydrogens is 202 g/mol. The van der Waals surface area contributed by atoms with Gasteiger partial charge in [0.2, 0.25) is 5.91 Å². The molecule has 0 aliphatic rings. The molecule has 1 amide bonds. The van der Waals surface area contributed by atoms with Gasteiger partial charge >= 0.3 is 0 Å². The zero-order valence-corrected chi connectivity index (χ0v) is 10.1. The number of carbonyl (C=O) groups excluding carboxylic acids is 1. The van der Waals surface area contributed by atoms with Gasteiger partial charge in [-0.1, -0.05) is 24.3 Å². The number of hydrogen-bond donors (Lipinski definition) is 2. The van der Waals surface area contributed by atoms with Crippen LogP contribution in [0, 0.1) is 6.92 Å². The largest absolute Gasteiger partial charge is 0.387 e. The van der Waals surface area contributed by atoms with Crippen molar-refractivity contribution in [1.82, 2.24) is 5.32 Å². The van der Waals surface area contributed by atoms with Crippen LogP contribution >= 0.6 is 0 Å². The van der Waals surface area contributed by atoms with E-state index in [9.17, 15) is 4.79 Å². The van der Waals surface area contributed by atoms with Gasteiger partial charge in [-0.3, -0.25) is 4.79 Å². The van der Waals surface area contributed by atoms with Crippen molar-refractivity contribution in [2.24, 2.45) is 0 Å². The Bertz CT molecular complexity index is 372. The number of rotatable bonds is 4. The smallest absolute Gasteiger partial charge is 0.246 e. The first-order valence-corrected chi connectivity index (χ1v) is 5.41. The van der Waals surface area contributed by atoms with E-state index in [-0.39, 0.29) is 11.4 Å². The highest BCUT2D eigenvalue weighted by Crippen LogP contribution is 2.15. The molecule has 0 radical (unpaired) electrons. The third kappa shape index (κ3) is 3.66. The summed E-state index contributed by atoms with van der Waals surface area (Å²) in [7, 11) is 0. The molecular formula is C13H19NO2. The molecule has 0 fully saturated rings. The minimum absolute atomic E-state index is 0.335. The van der Waals surface area contributed by atoms with Crippen molar-refractivity contribution in [3.05, 3.63) is 35.4 Å². The molecule has 16 heavy (non-hydrogen) atoms. The molecule has 0 heterocycles. The van der Waals surface area contributed by atoms with E-state index in [1.807, 2.05) is 26.0 Å². The van der Waals surface area contributed by atoms with Gasteiger partial charge in [0.15, 0.2) is 0 Å². The average Bonchev–Trinajstić information content (AvgIpc) is 2.20. The Hall–Kier alpha value is -1.35. The van der Waals surface area contributed by atoms with Gasteiger partial charge in [-0.2, -0.15) is 0 Å². The monoisotopic (exact) mass is 221 g/mol. The van der Waals surface area contributed by atoms with Gasteiger partial charge in [-0.05, 0) is 38.3 Å². The first-order chi connectivity index (χ1) is 7.44. The number of nitrogens with one attached hydrogen (secondary N) is 1. The highest BCUT2D eigenvalue weighted by molar-refractivity contribution is 5.77. The summed E-state index contributed by atoms with van der Waals surface area (Å²) in [5, 5.41) is 11.5. The van der Waals surface area contributed by atoms with Crippen molar-refractivity contribution < 1.29 is 9.90 Å². The molecule has 0 spiro atoms. The molecule has 0 aliphatic carbocycles. The van der Waals surface area contributed by atoms with E-state index >= 15 is 0 Å². The van der Waals surface area contributed by atoms with E-state index in [0.29, 0.717) is 0 Å². The van der Waals surface area contributed by atoms with Crippen LogP contribution in [0.1, 0.15) is 25.0 Å². The first kappa shape index (κ1) is 12.7. The van der Waals surface area contributed by atoms with Crippen LogP contribution in [0.25, 0.3) is 0 Å². The van der Waals surface area contributed by atoms with Crippen LogP contribution in [0.2, 0.25) is 0 Å². The number of aliphatic hydroxyl groups is 1. The fourth-order valence-electron chi connectivity index (χ4n) is 1.75. The Balaban J connectivity index is 2.72. The summed E-state index contributed by atoms with van der Waals surface area (Å²) in [6.07, 6.45) is 0.755. The zero-order valence-electron chi connectivity index (χ0n) is 10.1. The Morgan fingerprint density at radius 2 is 2.00 bits per heavy atom. The van der Waals surface area contributed by atoms with Crippen LogP contribution in [0.5, 0.6) is 0 Å². The van der Waals surface area contributed by atoms with E-state index in [1.165, 1.54) is 11.1 Å². The summed E-state index contributed by atoms with van der Waals surface area (Å²) in [6, 6.07) is 8.10. The summed E-state index contributed by atoms with van der Waals surface area (Å²) < 4.78 is 0. The summed E-state index contributed by atoms with van der Waals surface area (Å²) in [6.45, 7) is 5.50. The van der Waals surface area contributed by atoms with Gasteiger partial charge < -0.3 is 10.4 Å². The molecule has 0 saturated heterocycles. The minimum atomic E-state index is -0.461. The number of amides is 1. The number of aryl methyl sites for hydroxylation is 1. The molecule has 1 aromatic carbocycles. The molecule has 3 heteroatoms. The second-order valence-electron chi connectivity index (χ2n) is 4.69. The van der Waals surface area contributed by atoms with Crippen LogP contribution in [0.4, 0.5) is 0 Å². The standard InChI is InChI=1S/C13H19NO2/c1-10-6-4-5-7-11(10)8-13(2,3)14-12(16)9-15/h4-7,15H,8-9H2,1-3H3,(H,14,16). The summed E-state index contributed by atoms with van der Waals surface area (Å²) in [4.78, 5) is 11.1. The van der Waals surface area contributed by atoms with Crippen molar-refractivity contribution in [3.63, 3.8) is 0 Å². The molecule has 3 nitrogen and oxygen atoms in total. The lowest BCUT2D eigenvalue weighted by molar-refractivity contribution is -0.125. The maximum absolute atomic E-state index is 11.1. The number of benzene rings is 1. The number of carbonyl (C=O) groups is 1. The number of hydrogen-bond acceptors (Lipinski definition) is 2. The SMILES string of the molecule is Cc1ccccc1CC(C)(C)NC(=O)CO. The van der Waals surface area contributed by atoms with E-state index in [4.69, 9.17) is 5.11 Å². The predicted octanol–water partition coefficient (Wildman–Crippen LogP) is 1.42. The predicted molar refractivity (Wildman–Crippen MR) is 64.2 cm³/mol. The van der Waals surface area contributed by atoms with E-state index in [1.54, 1.807) is 0 Å². The highest BCUT2D eigenvalue weighted by Gasteiger charge is 2.20. The maximum atomic E-state index is 11.1. The maximum Gasteiger partial charge on any atom is 0.246 e. The lowest BCUT2D eigenvalue weighted by Gasteiger charge is -2.26. The fraction of sp³-hybridized carbons (Fsp3) is 0.462. The minimum Gasteiger partial charge on any atom is -0.387 e. The molecule has 1 aromatic rings. The molecule has 0 aliphatic heterocycles. The Kier molecular flexibility index (Phi) is 4.07. The normalized spacial score (nSPS) is 11.2. The highest BCUT2D eigenvalue weighted by atomic mass is 16.3. The molecule has 88 valence electrons. The molecule has 0 aromatic heterocycles. The van der Waals surface area contributed by atoms with Gasteiger partial charge in [-0.15, -0.1) is 0 Å². The van der Waals surface area contributed by atoms with Crippen molar-refractivity contribution in [2.45, 2.75) is 32.7 Å². The third-order valence-corrected chi connectivity index (χ3v) is 2.52. The van der Waals surface area contributed by atoms with Crippen molar-refractivity contribution >= 4 is 5.91 Å². The molecule has 1 rings (SSSR count). The van der Waals surface area contributed by atoms with E-state index in [0.717, 1.165) is 6.42 Å². The first-order valence-electron chi connectivity index (χ1n) is 5.41. The lowest BCUT2D eigenvalue weighted by Crippen LogP contribution is -2.46. The second-order valence-corrected chi connectivity index (χ2v) is 4.69. The van der Waals surface area contributed by atoms with Gasteiger partial charge in [0.25, 0.3) is 0 Å². The summed E-state index contributed by atoms with van der Waals surface area (Å²) in [5.41, 5.74) is 2.09. The molecule has 0 saturated carbocycles. The lowest BCUT2D eigenvalue weighted by atomic mass is 9.92. The molecule has 0 bridgehead atoms. The average molecular weight is 221 g/mol. The van der Waals surface area contributed by atoms with Crippen LogP contribution in [-0.2, 0) is 11.2 Å². The summed E-state index contributed by atoms with van der Waals surface area (Å²) in [5.74, 6) is -0.335. The molecule has 0 unspecified atom stereocenters. The third-order valence-electron chi connectivity index (χ3n) is 2.52. The topological polar surface area (TPSA) is 49.3 Å². The fourth-order valence-corrected chi connectivity index (χ4v) is 1.75. The van der Waals surface area contributed by atoms with Crippen LogP contribution in [0.3, 0.4) is 0 Å². The zero-order chi connectivity index (χ0) is 12.2. The Labute approximate surface area is 96.5 Å².